The Kier molecular flexibility index (Phi) is 8.12. The number of aliphatic imine (C=N–C) groups is 1. The Labute approximate surface area is 152 Å². The first kappa shape index (κ1) is 19.3. The smallest absolute Gasteiger partial charge is 0.191 e. The lowest BCUT2D eigenvalue weighted by Gasteiger charge is -2.21. The molecule has 2 N–H and O–H groups in total. The van der Waals surface area contributed by atoms with E-state index >= 15 is 0 Å². The number of nitrogens with one attached hydrogen (secondary N) is 2. The average molecular weight is 368 g/mol. The third-order valence-electron chi connectivity index (χ3n) is 4.01. The van der Waals surface area contributed by atoms with E-state index in [-0.39, 0.29) is 4.75 Å². The standard InChI is InChI=1S/C18H29N3OS2/c1-3-19-17(21-15-18(2)10-7-12-23-18)20-11-13-24(22)14-16-8-5-4-6-9-16/h4-6,8-9H,3,7,10-15H2,1-2H3,(H2,19,20,21). The van der Waals surface area contributed by atoms with Crippen molar-refractivity contribution in [1.82, 2.24) is 10.6 Å². The van der Waals surface area contributed by atoms with Crippen LogP contribution < -0.4 is 10.6 Å². The van der Waals surface area contributed by atoms with Crippen molar-refractivity contribution in [2.24, 2.45) is 4.99 Å². The van der Waals surface area contributed by atoms with E-state index in [9.17, 15) is 4.21 Å². The second-order valence-corrected chi connectivity index (χ2v) is 9.56. The summed E-state index contributed by atoms with van der Waals surface area (Å²) in [6.07, 6.45) is 2.53. The molecule has 2 rings (SSSR count). The van der Waals surface area contributed by atoms with Gasteiger partial charge in [-0.1, -0.05) is 30.3 Å². The molecule has 1 fully saturated rings. The van der Waals surface area contributed by atoms with Crippen LogP contribution in [0.3, 0.4) is 0 Å². The van der Waals surface area contributed by atoms with Crippen molar-refractivity contribution < 1.29 is 4.21 Å². The maximum atomic E-state index is 12.2. The van der Waals surface area contributed by atoms with Crippen molar-refractivity contribution in [3.05, 3.63) is 35.9 Å². The summed E-state index contributed by atoms with van der Waals surface area (Å²) in [6, 6.07) is 10.0. The Balaban J connectivity index is 1.75. The lowest BCUT2D eigenvalue weighted by atomic mass is 10.1. The first-order valence-corrected chi connectivity index (χ1v) is 11.1. The monoisotopic (exact) mass is 367 g/mol. The predicted octanol–water partition coefficient (Wildman–Crippen LogP) is 2.78. The van der Waals surface area contributed by atoms with Crippen LogP contribution in [-0.4, -0.2) is 46.1 Å². The van der Waals surface area contributed by atoms with E-state index in [4.69, 9.17) is 4.99 Å². The molecular weight excluding hydrogens is 338 g/mol. The highest BCUT2D eigenvalue weighted by Gasteiger charge is 2.29. The highest BCUT2D eigenvalue weighted by molar-refractivity contribution is 8.00. The molecule has 0 saturated carbocycles. The summed E-state index contributed by atoms with van der Waals surface area (Å²) in [7, 11) is -0.855. The summed E-state index contributed by atoms with van der Waals surface area (Å²) < 4.78 is 12.5. The van der Waals surface area contributed by atoms with Crippen LogP contribution in [0.25, 0.3) is 0 Å². The summed E-state index contributed by atoms with van der Waals surface area (Å²) in [5.74, 6) is 3.33. The molecule has 0 bridgehead atoms. The molecule has 134 valence electrons. The fraction of sp³-hybridized carbons (Fsp3) is 0.611. The van der Waals surface area contributed by atoms with Gasteiger partial charge in [-0.2, -0.15) is 11.8 Å². The van der Waals surface area contributed by atoms with Gasteiger partial charge in [-0.25, -0.2) is 0 Å². The van der Waals surface area contributed by atoms with Gasteiger partial charge in [0.05, 0.1) is 6.54 Å². The quantitative estimate of drug-likeness (QED) is 0.548. The highest BCUT2D eigenvalue weighted by atomic mass is 32.2. The number of hydrogen-bond acceptors (Lipinski definition) is 3. The molecular formula is C18H29N3OS2. The van der Waals surface area contributed by atoms with Gasteiger partial charge in [-0.3, -0.25) is 9.20 Å². The van der Waals surface area contributed by atoms with E-state index in [2.05, 4.69) is 24.5 Å². The molecule has 0 aromatic heterocycles. The maximum absolute atomic E-state index is 12.2. The SMILES string of the molecule is CCNC(=NCC1(C)CCCS1)NCCS(=O)Cc1ccccc1. The van der Waals surface area contributed by atoms with Crippen LogP contribution in [0.15, 0.2) is 35.3 Å². The van der Waals surface area contributed by atoms with Crippen molar-refractivity contribution in [1.29, 1.82) is 0 Å². The zero-order chi connectivity index (χ0) is 17.3. The minimum atomic E-state index is -0.855. The van der Waals surface area contributed by atoms with Gasteiger partial charge in [0, 0.05) is 40.1 Å². The largest absolute Gasteiger partial charge is 0.357 e. The summed E-state index contributed by atoms with van der Waals surface area (Å²) in [5.41, 5.74) is 1.13. The number of nitrogens with zero attached hydrogens (tertiary/aromatic N) is 1. The van der Waals surface area contributed by atoms with Crippen LogP contribution >= 0.6 is 11.8 Å². The van der Waals surface area contributed by atoms with E-state index in [0.717, 1.165) is 24.6 Å². The second kappa shape index (κ2) is 10.1. The lowest BCUT2D eigenvalue weighted by Crippen LogP contribution is -2.40. The number of hydrogen-bond donors (Lipinski definition) is 2. The molecule has 1 heterocycles. The third kappa shape index (κ3) is 6.85. The average Bonchev–Trinajstić information content (AvgIpc) is 3.01. The van der Waals surface area contributed by atoms with Crippen LogP contribution in [0.2, 0.25) is 0 Å². The van der Waals surface area contributed by atoms with Crippen LogP contribution in [-0.2, 0) is 16.6 Å². The Morgan fingerprint density at radius 2 is 2.12 bits per heavy atom. The molecule has 1 aliphatic heterocycles. The molecule has 6 heteroatoms. The van der Waals surface area contributed by atoms with E-state index in [1.165, 1.54) is 18.6 Å². The Hall–Kier alpha value is -1.01. The first-order valence-electron chi connectivity index (χ1n) is 8.66. The molecule has 0 spiro atoms. The molecule has 2 atom stereocenters. The van der Waals surface area contributed by atoms with E-state index in [1.807, 2.05) is 42.1 Å². The minimum absolute atomic E-state index is 0.276. The van der Waals surface area contributed by atoms with Crippen molar-refractivity contribution in [2.75, 3.05) is 31.1 Å². The molecule has 0 aliphatic carbocycles. The molecule has 1 aliphatic rings. The number of guanidine groups is 1. The van der Waals surface area contributed by atoms with Gasteiger partial charge >= 0.3 is 0 Å². The van der Waals surface area contributed by atoms with Crippen molar-refractivity contribution in [2.45, 2.75) is 37.2 Å². The summed E-state index contributed by atoms with van der Waals surface area (Å²) in [6.45, 7) is 6.71. The topological polar surface area (TPSA) is 53.5 Å². The zero-order valence-electron chi connectivity index (χ0n) is 14.7. The minimum Gasteiger partial charge on any atom is -0.357 e. The van der Waals surface area contributed by atoms with Crippen LogP contribution in [0.1, 0.15) is 32.3 Å². The third-order valence-corrected chi connectivity index (χ3v) is 6.85. The molecule has 0 amide bonds. The fourth-order valence-electron chi connectivity index (χ4n) is 2.67. The van der Waals surface area contributed by atoms with Crippen molar-refractivity contribution >= 4 is 28.5 Å². The molecule has 1 saturated heterocycles. The molecule has 1 aromatic rings. The van der Waals surface area contributed by atoms with Gasteiger partial charge in [-0.05, 0) is 38.0 Å². The summed E-state index contributed by atoms with van der Waals surface area (Å²) in [5, 5.41) is 6.59. The second-order valence-electron chi connectivity index (χ2n) is 6.30. The van der Waals surface area contributed by atoms with Gasteiger partial charge < -0.3 is 10.6 Å². The van der Waals surface area contributed by atoms with Gasteiger partial charge in [0.15, 0.2) is 5.96 Å². The van der Waals surface area contributed by atoms with Crippen molar-refractivity contribution in [3.63, 3.8) is 0 Å². The normalized spacial score (nSPS) is 22.3. The van der Waals surface area contributed by atoms with Crippen LogP contribution in [0.5, 0.6) is 0 Å². The van der Waals surface area contributed by atoms with Gasteiger partial charge in [0.2, 0.25) is 0 Å². The summed E-state index contributed by atoms with van der Waals surface area (Å²) in [4.78, 5) is 4.72. The zero-order valence-corrected chi connectivity index (χ0v) is 16.3. The fourth-order valence-corrected chi connectivity index (χ4v) is 4.93. The lowest BCUT2D eigenvalue weighted by molar-refractivity contribution is 0.615. The van der Waals surface area contributed by atoms with Crippen LogP contribution in [0, 0.1) is 0 Å². The van der Waals surface area contributed by atoms with Gasteiger partial charge in [0.1, 0.15) is 0 Å². The Morgan fingerprint density at radius 1 is 1.33 bits per heavy atom. The number of rotatable bonds is 8. The molecule has 24 heavy (non-hydrogen) atoms. The van der Waals surface area contributed by atoms with Crippen LogP contribution in [0.4, 0.5) is 0 Å². The van der Waals surface area contributed by atoms with E-state index in [0.29, 0.717) is 18.1 Å². The summed E-state index contributed by atoms with van der Waals surface area (Å²) >= 11 is 2.02. The molecule has 2 unspecified atom stereocenters. The van der Waals surface area contributed by atoms with Gasteiger partial charge in [-0.15, -0.1) is 0 Å². The van der Waals surface area contributed by atoms with Gasteiger partial charge in [0.25, 0.3) is 0 Å². The molecule has 0 radical (unpaired) electrons. The predicted molar refractivity (Wildman–Crippen MR) is 107 cm³/mol. The number of thioether (sulfide) groups is 1. The van der Waals surface area contributed by atoms with E-state index < -0.39 is 10.8 Å². The van der Waals surface area contributed by atoms with Crippen molar-refractivity contribution in [3.8, 4) is 0 Å². The highest BCUT2D eigenvalue weighted by Crippen LogP contribution is 2.37. The Morgan fingerprint density at radius 3 is 2.79 bits per heavy atom. The first-order chi connectivity index (χ1) is 11.6. The molecule has 1 aromatic carbocycles. The Bertz CT molecular complexity index is 542. The molecule has 4 nitrogen and oxygen atoms in total. The number of benzene rings is 1. The maximum Gasteiger partial charge on any atom is 0.191 e. The van der Waals surface area contributed by atoms with E-state index in [1.54, 1.807) is 0 Å².